The summed E-state index contributed by atoms with van der Waals surface area (Å²) in [7, 11) is 1.33. The highest BCUT2D eigenvalue weighted by Crippen LogP contribution is 2.10. The zero-order valence-electron chi connectivity index (χ0n) is 8.90. The Hall–Kier alpha value is -1.64. The number of hydrogen-bond acceptors (Lipinski definition) is 3. The van der Waals surface area contributed by atoms with Crippen molar-refractivity contribution in [3.63, 3.8) is 0 Å². The van der Waals surface area contributed by atoms with E-state index < -0.39 is 0 Å². The van der Waals surface area contributed by atoms with Crippen LogP contribution < -0.4 is 0 Å². The van der Waals surface area contributed by atoms with Crippen LogP contribution in [0, 0.1) is 5.92 Å². The highest BCUT2D eigenvalue weighted by atomic mass is 16.5. The van der Waals surface area contributed by atoms with Crippen molar-refractivity contribution < 1.29 is 14.3 Å². The maximum Gasteiger partial charge on any atom is 0.308 e. The Morgan fingerprint density at radius 3 is 2.40 bits per heavy atom. The molecule has 1 aromatic rings. The molecule has 0 aliphatic carbocycles. The first kappa shape index (κ1) is 11.4. The lowest BCUT2D eigenvalue weighted by Crippen LogP contribution is -2.16. The fourth-order valence-electron chi connectivity index (χ4n) is 1.30. The van der Waals surface area contributed by atoms with Gasteiger partial charge in [-0.05, 0) is 0 Å². The summed E-state index contributed by atoms with van der Waals surface area (Å²) in [6.07, 6.45) is 0.191. The number of Topliss-reactive ketones (excluding diaryl/α,β-unsaturated/α-hetero) is 1. The first-order chi connectivity index (χ1) is 7.15. The number of benzene rings is 1. The van der Waals surface area contributed by atoms with Crippen LogP contribution in [0.2, 0.25) is 0 Å². The molecule has 0 amide bonds. The van der Waals surface area contributed by atoms with E-state index in [9.17, 15) is 9.59 Å². The first-order valence-electron chi connectivity index (χ1n) is 4.81. The smallest absolute Gasteiger partial charge is 0.308 e. The van der Waals surface area contributed by atoms with Gasteiger partial charge >= 0.3 is 5.97 Å². The van der Waals surface area contributed by atoms with Crippen LogP contribution in [-0.2, 0) is 9.53 Å². The topological polar surface area (TPSA) is 43.4 Å². The van der Waals surface area contributed by atoms with Gasteiger partial charge in [0, 0.05) is 12.0 Å². The van der Waals surface area contributed by atoms with Crippen molar-refractivity contribution in [2.24, 2.45) is 5.92 Å². The van der Waals surface area contributed by atoms with Crippen LogP contribution in [0.4, 0.5) is 0 Å². The van der Waals surface area contributed by atoms with Crippen molar-refractivity contribution in [3.8, 4) is 0 Å². The van der Waals surface area contributed by atoms with Crippen LogP contribution in [0.25, 0.3) is 0 Å². The molecule has 0 N–H and O–H groups in total. The van der Waals surface area contributed by atoms with Crippen LogP contribution >= 0.6 is 0 Å². The number of carbonyl (C=O) groups excluding carboxylic acids is 2. The Bertz CT molecular complexity index is 343. The molecule has 1 atom stereocenters. The molecule has 3 heteroatoms. The van der Waals surface area contributed by atoms with Gasteiger partial charge in [-0.15, -0.1) is 0 Å². The number of hydrogen-bond donors (Lipinski definition) is 0. The van der Waals surface area contributed by atoms with E-state index in [1.165, 1.54) is 7.11 Å². The van der Waals surface area contributed by atoms with Gasteiger partial charge in [-0.1, -0.05) is 37.3 Å². The van der Waals surface area contributed by atoms with Crippen molar-refractivity contribution >= 4 is 11.8 Å². The van der Waals surface area contributed by atoms with Crippen molar-refractivity contribution in [3.05, 3.63) is 35.9 Å². The van der Waals surface area contributed by atoms with Gasteiger partial charge in [-0.2, -0.15) is 0 Å². The van der Waals surface area contributed by atoms with Crippen molar-refractivity contribution in [2.45, 2.75) is 13.3 Å². The predicted octanol–water partition coefficient (Wildman–Crippen LogP) is 2.07. The van der Waals surface area contributed by atoms with E-state index in [0.717, 1.165) is 0 Å². The molecule has 0 fully saturated rings. The summed E-state index contributed by atoms with van der Waals surface area (Å²) < 4.78 is 4.56. The third-order valence-corrected chi connectivity index (χ3v) is 2.19. The quantitative estimate of drug-likeness (QED) is 0.559. The van der Waals surface area contributed by atoms with Gasteiger partial charge < -0.3 is 4.74 Å². The molecule has 0 spiro atoms. The highest BCUT2D eigenvalue weighted by Gasteiger charge is 2.17. The molecule has 15 heavy (non-hydrogen) atoms. The number of methoxy groups -OCH3 is 1. The third kappa shape index (κ3) is 3.20. The summed E-state index contributed by atoms with van der Waals surface area (Å²) in [6.45, 7) is 1.69. The molecular formula is C12H14O3. The normalized spacial score (nSPS) is 11.9. The third-order valence-electron chi connectivity index (χ3n) is 2.19. The lowest BCUT2D eigenvalue weighted by Gasteiger charge is -2.07. The standard InChI is InChI=1S/C12H14O3/c1-9(12(14)15-2)8-11(13)10-6-4-3-5-7-10/h3-7,9H,8H2,1-2H3. The monoisotopic (exact) mass is 206 g/mol. The van der Waals surface area contributed by atoms with E-state index >= 15 is 0 Å². The molecular weight excluding hydrogens is 192 g/mol. The average molecular weight is 206 g/mol. The molecule has 1 unspecified atom stereocenters. The largest absolute Gasteiger partial charge is 0.469 e. The Balaban J connectivity index is 2.61. The van der Waals surface area contributed by atoms with Crippen LogP contribution in [0.5, 0.6) is 0 Å². The first-order valence-corrected chi connectivity index (χ1v) is 4.81. The fourth-order valence-corrected chi connectivity index (χ4v) is 1.30. The molecule has 1 aromatic carbocycles. The molecule has 0 saturated carbocycles. The van der Waals surface area contributed by atoms with Gasteiger partial charge in [-0.25, -0.2) is 0 Å². The second-order valence-electron chi connectivity index (χ2n) is 3.42. The van der Waals surface area contributed by atoms with E-state index in [-0.39, 0.29) is 24.1 Å². The minimum Gasteiger partial charge on any atom is -0.469 e. The van der Waals surface area contributed by atoms with Crippen LogP contribution in [-0.4, -0.2) is 18.9 Å². The van der Waals surface area contributed by atoms with Gasteiger partial charge in [0.25, 0.3) is 0 Å². The Morgan fingerprint density at radius 1 is 1.27 bits per heavy atom. The van der Waals surface area contributed by atoms with Gasteiger partial charge in [0.15, 0.2) is 5.78 Å². The molecule has 0 aliphatic rings. The second kappa shape index (κ2) is 5.29. The Labute approximate surface area is 89.1 Å². The number of carbonyl (C=O) groups is 2. The van der Waals surface area contributed by atoms with Gasteiger partial charge in [-0.3, -0.25) is 9.59 Å². The summed E-state index contributed by atoms with van der Waals surface area (Å²) in [5.41, 5.74) is 0.633. The number of ether oxygens (including phenoxy) is 1. The maximum atomic E-state index is 11.7. The summed E-state index contributed by atoms with van der Waals surface area (Å²) in [6, 6.07) is 8.94. The number of rotatable bonds is 4. The second-order valence-corrected chi connectivity index (χ2v) is 3.42. The summed E-state index contributed by atoms with van der Waals surface area (Å²) in [5.74, 6) is -0.768. The van der Waals surface area contributed by atoms with Crippen LogP contribution in [0.1, 0.15) is 23.7 Å². The summed E-state index contributed by atoms with van der Waals surface area (Å²) >= 11 is 0. The van der Waals surface area contributed by atoms with E-state index in [0.29, 0.717) is 5.56 Å². The molecule has 1 rings (SSSR count). The molecule has 0 bridgehead atoms. The van der Waals surface area contributed by atoms with E-state index in [1.54, 1.807) is 31.2 Å². The van der Waals surface area contributed by atoms with E-state index in [2.05, 4.69) is 4.74 Å². The molecule has 0 radical (unpaired) electrons. The summed E-state index contributed by atoms with van der Waals surface area (Å²) in [5, 5.41) is 0. The van der Waals surface area contributed by atoms with E-state index in [1.807, 2.05) is 6.07 Å². The van der Waals surface area contributed by atoms with Gasteiger partial charge in [0.05, 0.1) is 13.0 Å². The molecule has 80 valence electrons. The van der Waals surface area contributed by atoms with Gasteiger partial charge in [0.1, 0.15) is 0 Å². The summed E-state index contributed by atoms with van der Waals surface area (Å²) in [4.78, 5) is 22.8. The SMILES string of the molecule is COC(=O)C(C)CC(=O)c1ccccc1. The maximum absolute atomic E-state index is 11.7. The lowest BCUT2D eigenvalue weighted by atomic mass is 10.00. The van der Waals surface area contributed by atoms with Gasteiger partial charge in [0.2, 0.25) is 0 Å². The fraction of sp³-hybridized carbons (Fsp3) is 0.333. The van der Waals surface area contributed by atoms with Crippen LogP contribution in [0.3, 0.4) is 0 Å². The zero-order valence-corrected chi connectivity index (χ0v) is 8.90. The van der Waals surface area contributed by atoms with Crippen molar-refractivity contribution in [1.82, 2.24) is 0 Å². The van der Waals surface area contributed by atoms with Crippen LogP contribution in [0.15, 0.2) is 30.3 Å². The molecule has 3 nitrogen and oxygen atoms in total. The van der Waals surface area contributed by atoms with Crippen molar-refractivity contribution in [2.75, 3.05) is 7.11 Å². The lowest BCUT2D eigenvalue weighted by molar-refractivity contribution is -0.144. The average Bonchev–Trinajstić information content (AvgIpc) is 2.29. The number of esters is 1. The van der Waals surface area contributed by atoms with E-state index in [4.69, 9.17) is 0 Å². The minimum atomic E-state index is -0.386. The predicted molar refractivity (Wildman–Crippen MR) is 56.6 cm³/mol. The Kier molecular flexibility index (Phi) is 4.03. The Morgan fingerprint density at radius 2 is 1.87 bits per heavy atom. The zero-order chi connectivity index (χ0) is 11.3. The molecule has 0 heterocycles. The van der Waals surface area contributed by atoms with Crippen molar-refractivity contribution in [1.29, 1.82) is 0 Å². The minimum absolute atomic E-state index is 0.0338. The number of ketones is 1. The molecule has 0 saturated heterocycles. The molecule has 0 aliphatic heterocycles. The highest BCUT2D eigenvalue weighted by molar-refractivity contribution is 5.97. The molecule has 0 aromatic heterocycles.